The van der Waals surface area contributed by atoms with Crippen LogP contribution in [0, 0.1) is 0 Å². The standard InChI is InChI=1S/C21H36NO4P/c1-2-3-4-5-6-7-8-9-10-11-12-15-18-22-19-20-16-13-14-17-21(20)26-27(23,24)25/h13-14,16-17,19H,2-12,15,18H2,1H3,(H2,23,24,25). The first-order chi connectivity index (χ1) is 13.0. The molecule has 0 aliphatic rings. The zero-order valence-corrected chi connectivity index (χ0v) is 17.6. The Kier molecular flexibility index (Phi) is 13.1. The largest absolute Gasteiger partial charge is 0.524 e. The van der Waals surface area contributed by atoms with Crippen LogP contribution in [-0.2, 0) is 4.57 Å². The Morgan fingerprint density at radius 2 is 1.41 bits per heavy atom. The SMILES string of the molecule is CCCCCCCCCCCCCCN=Cc1ccccc1OP(=O)(O)O. The van der Waals surface area contributed by atoms with E-state index in [2.05, 4.69) is 16.4 Å². The number of rotatable bonds is 16. The van der Waals surface area contributed by atoms with Gasteiger partial charge < -0.3 is 4.52 Å². The summed E-state index contributed by atoms with van der Waals surface area (Å²) in [4.78, 5) is 22.2. The lowest BCUT2D eigenvalue weighted by Gasteiger charge is -2.08. The van der Waals surface area contributed by atoms with Gasteiger partial charge in [-0.25, -0.2) is 4.57 Å². The number of phosphoric acid groups is 1. The van der Waals surface area contributed by atoms with Gasteiger partial charge in [0, 0.05) is 18.3 Å². The minimum atomic E-state index is -4.55. The summed E-state index contributed by atoms with van der Waals surface area (Å²) >= 11 is 0. The molecule has 0 unspecified atom stereocenters. The third kappa shape index (κ3) is 13.6. The molecule has 5 nitrogen and oxygen atoms in total. The second-order valence-corrected chi connectivity index (χ2v) is 8.21. The first-order valence-corrected chi connectivity index (χ1v) is 11.9. The molecule has 0 radical (unpaired) electrons. The topological polar surface area (TPSA) is 79.1 Å². The molecule has 1 aromatic rings. The average Bonchev–Trinajstić information content (AvgIpc) is 2.62. The summed E-state index contributed by atoms with van der Waals surface area (Å²) in [7, 11) is -4.55. The molecule has 0 spiro atoms. The van der Waals surface area contributed by atoms with Crippen molar-refractivity contribution in [2.45, 2.75) is 84.0 Å². The van der Waals surface area contributed by atoms with E-state index in [1.807, 2.05) is 0 Å². The lowest BCUT2D eigenvalue weighted by atomic mass is 10.1. The highest BCUT2D eigenvalue weighted by atomic mass is 31.2. The lowest BCUT2D eigenvalue weighted by molar-refractivity contribution is 0.283. The number of para-hydroxylation sites is 1. The molecule has 0 saturated carbocycles. The van der Waals surface area contributed by atoms with E-state index in [1.54, 1.807) is 24.4 Å². The summed E-state index contributed by atoms with van der Waals surface area (Å²) in [6.45, 7) is 2.98. The van der Waals surface area contributed by atoms with Crippen molar-refractivity contribution >= 4 is 14.0 Å². The fourth-order valence-electron chi connectivity index (χ4n) is 3.01. The van der Waals surface area contributed by atoms with Crippen LogP contribution in [0.3, 0.4) is 0 Å². The lowest BCUT2D eigenvalue weighted by Crippen LogP contribution is -1.95. The van der Waals surface area contributed by atoms with Crippen molar-refractivity contribution < 1.29 is 18.9 Å². The molecule has 0 amide bonds. The van der Waals surface area contributed by atoms with Gasteiger partial charge in [-0.15, -0.1) is 0 Å². The first kappa shape index (κ1) is 23.9. The van der Waals surface area contributed by atoms with Crippen molar-refractivity contribution in [1.29, 1.82) is 0 Å². The van der Waals surface area contributed by atoms with Gasteiger partial charge in [-0.05, 0) is 18.6 Å². The molecule has 0 fully saturated rings. The molecule has 0 saturated heterocycles. The summed E-state index contributed by atoms with van der Waals surface area (Å²) in [5.74, 6) is 0.157. The van der Waals surface area contributed by atoms with Crippen molar-refractivity contribution in [3.63, 3.8) is 0 Å². The quantitative estimate of drug-likeness (QED) is 0.195. The van der Waals surface area contributed by atoms with Gasteiger partial charge in [0.05, 0.1) is 0 Å². The molecule has 6 heteroatoms. The predicted octanol–water partition coefficient (Wildman–Crippen LogP) is 6.28. The van der Waals surface area contributed by atoms with Crippen molar-refractivity contribution in [1.82, 2.24) is 0 Å². The molecular formula is C21H36NO4P. The predicted molar refractivity (Wildman–Crippen MR) is 113 cm³/mol. The highest BCUT2D eigenvalue weighted by Gasteiger charge is 2.17. The monoisotopic (exact) mass is 397 g/mol. The highest BCUT2D eigenvalue weighted by molar-refractivity contribution is 7.46. The van der Waals surface area contributed by atoms with Crippen LogP contribution in [0.4, 0.5) is 0 Å². The van der Waals surface area contributed by atoms with Gasteiger partial charge >= 0.3 is 7.82 Å². The molecule has 1 rings (SSSR count). The normalized spacial score (nSPS) is 12.0. The summed E-state index contributed by atoms with van der Waals surface area (Å²) in [6.07, 6.45) is 17.4. The average molecular weight is 397 g/mol. The Morgan fingerprint density at radius 3 is 1.96 bits per heavy atom. The van der Waals surface area contributed by atoms with Crippen LogP contribution >= 0.6 is 7.82 Å². The van der Waals surface area contributed by atoms with E-state index in [4.69, 9.17) is 9.79 Å². The van der Waals surface area contributed by atoms with Crippen molar-refractivity contribution in [3.05, 3.63) is 29.8 Å². The third-order valence-electron chi connectivity index (χ3n) is 4.51. The zero-order chi connectivity index (χ0) is 19.8. The van der Waals surface area contributed by atoms with Gasteiger partial charge in [-0.1, -0.05) is 89.7 Å². The Morgan fingerprint density at radius 1 is 0.889 bits per heavy atom. The molecule has 27 heavy (non-hydrogen) atoms. The second-order valence-electron chi connectivity index (χ2n) is 7.04. The molecule has 0 atom stereocenters. The Labute approximate surface area is 164 Å². The summed E-state index contributed by atoms with van der Waals surface area (Å²) < 4.78 is 15.7. The minimum Gasteiger partial charge on any atom is -0.404 e. The third-order valence-corrected chi connectivity index (χ3v) is 4.94. The van der Waals surface area contributed by atoms with Crippen LogP contribution in [0.5, 0.6) is 5.75 Å². The number of hydrogen-bond donors (Lipinski definition) is 2. The molecular weight excluding hydrogens is 361 g/mol. The van der Waals surface area contributed by atoms with Crippen LogP contribution in [0.15, 0.2) is 29.3 Å². The number of aliphatic imine (C=N–C) groups is 1. The number of hydrogen-bond acceptors (Lipinski definition) is 3. The van der Waals surface area contributed by atoms with E-state index in [0.717, 1.165) is 13.0 Å². The minimum absolute atomic E-state index is 0.157. The van der Waals surface area contributed by atoms with E-state index >= 15 is 0 Å². The first-order valence-electron chi connectivity index (χ1n) is 10.4. The number of benzene rings is 1. The second kappa shape index (κ2) is 14.8. The fraction of sp³-hybridized carbons (Fsp3) is 0.667. The van der Waals surface area contributed by atoms with Gasteiger partial charge in [-0.2, -0.15) is 0 Å². The number of nitrogens with zero attached hydrogens (tertiary/aromatic N) is 1. The smallest absolute Gasteiger partial charge is 0.404 e. The summed E-state index contributed by atoms with van der Waals surface area (Å²) in [5, 5.41) is 0. The Balaban J connectivity index is 2.06. The molecule has 2 N–H and O–H groups in total. The molecule has 0 heterocycles. The van der Waals surface area contributed by atoms with E-state index in [9.17, 15) is 4.57 Å². The van der Waals surface area contributed by atoms with Crippen molar-refractivity contribution in [2.24, 2.45) is 4.99 Å². The van der Waals surface area contributed by atoms with E-state index < -0.39 is 7.82 Å². The van der Waals surface area contributed by atoms with Crippen LogP contribution in [-0.4, -0.2) is 22.5 Å². The number of phosphoric ester groups is 1. The Bertz CT molecular complexity index is 571. The highest BCUT2D eigenvalue weighted by Crippen LogP contribution is 2.38. The molecule has 154 valence electrons. The van der Waals surface area contributed by atoms with Crippen molar-refractivity contribution in [2.75, 3.05) is 6.54 Å². The van der Waals surface area contributed by atoms with Gasteiger partial charge in [-0.3, -0.25) is 14.8 Å². The van der Waals surface area contributed by atoms with Crippen LogP contribution in [0.1, 0.15) is 89.5 Å². The summed E-state index contributed by atoms with van der Waals surface area (Å²) in [5.41, 5.74) is 0.583. The maximum absolute atomic E-state index is 11.0. The Hall–Kier alpha value is -1.16. The van der Waals surface area contributed by atoms with Gasteiger partial charge in [0.2, 0.25) is 0 Å². The van der Waals surface area contributed by atoms with Crippen LogP contribution < -0.4 is 4.52 Å². The number of unbranched alkanes of at least 4 members (excludes halogenated alkanes) is 11. The van der Waals surface area contributed by atoms with Gasteiger partial charge in [0.25, 0.3) is 0 Å². The molecule has 0 aliphatic heterocycles. The summed E-state index contributed by atoms with van der Waals surface area (Å²) in [6, 6.07) is 6.73. The van der Waals surface area contributed by atoms with Crippen LogP contribution in [0.25, 0.3) is 0 Å². The zero-order valence-electron chi connectivity index (χ0n) is 16.7. The van der Waals surface area contributed by atoms with Crippen LogP contribution in [0.2, 0.25) is 0 Å². The molecule has 0 bridgehead atoms. The maximum atomic E-state index is 11.0. The fourth-order valence-corrected chi connectivity index (χ4v) is 3.43. The van der Waals surface area contributed by atoms with Gasteiger partial charge in [0.15, 0.2) is 0 Å². The van der Waals surface area contributed by atoms with Crippen molar-refractivity contribution in [3.8, 4) is 5.75 Å². The molecule has 0 aromatic heterocycles. The van der Waals surface area contributed by atoms with E-state index in [-0.39, 0.29) is 5.75 Å². The molecule has 1 aromatic carbocycles. The van der Waals surface area contributed by atoms with Gasteiger partial charge in [0.1, 0.15) is 5.75 Å². The maximum Gasteiger partial charge on any atom is 0.524 e. The molecule has 0 aliphatic carbocycles. The van der Waals surface area contributed by atoms with E-state index in [0.29, 0.717) is 5.56 Å². The van der Waals surface area contributed by atoms with E-state index in [1.165, 1.54) is 76.7 Å².